The molecule has 0 aromatic heterocycles. The predicted molar refractivity (Wildman–Crippen MR) is 131 cm³/mol. The number of alkyl carbamates (subject to hydrolysis) is 1. The molecule has 9 heteroatoms. The van der Waals surface area contributed by atoms with Crippen LogP contribution < -0.4 is 22.3 Å². The molecule has 3 saturated heterocycles. The summed E-state index contributed by atoms with van der Waals surface area (Å²) in [6.45, 7) is 2.42. The van der Waals surface area contributed by atoms with Crippen LogP contribution in [0.2, 0.25) is 0 Å². The zero-order valence-corrected chi connectivity index (χ0v) is 22.2. The van der Waals surface area contributed by atoms with Crippen LogP contribution in [0.5, 0.6) is 0 Å². The van der Waals surface area contributed by atoms with E-state index < -0.39 is 29.6 Å². The van der Waals surface area contributed by atoms with Crippen LogP contribution in [0.25, 0.3) is 0 Å². The van der Waals surface area contributed by atoms with E-state index >= 15 is 0 Å². The van der Waals surface area contributed by atoms with E-state index in [1.165, 1.54) is 54.6 Å². The quantitative estimate of drug-likeness (QED) is 0.341. The number of ketones is 1. The fourth-order valence-corrected chi connectivity index (χ4v) is 5.69. The van der Waals surface area contributed by atoms with Gasteiger partial charge < -0.3 is 31.5 Å². The van der Waals surface area contributed by atoms with Gasteiger partial charge in [-0.3, -0.25) is 4.79 Å². The summed E-state index contributed by atoms with van der Waals surface area (Å²) in [6, 6.07) is 16.8. The molecule has 3 aliphatic rings. The molecule has 0 saturated carbocycles. The van der Waals surface area contributed by atoms with E-state index in [1.54, 1.807) is 18.2 Å². The van der Waals surface area contributed by atoms with Crippen molar-refractivity contribution in [1.29, 1.82) is 0 Å². The number of fused-ring (bicyclic) bond motifs is 3. The van der Waals surface area contributed by atoms with Crippen LogP contribution in [0.4, 0.5) is 18.0 Å². The van der Waals surface area contributed by atoms with Crippen molar-refractivity contribution in [2.24, 2.45) is 5.92 Å². The van der Waals surface area contributed by atoms with Crippen molar-refractivity contribution < 1.29 is 49.0 Å². The molecule has 2 bridgehead atoms. The summed E-state index contributed by atoms with van der Waals surface area (Å²) in [5.74, 6) is -1.31. The number of benzene rings is 3. The highest BCUT2D eigenvalue weighted by atomic mass is 79.9. The normalized spacial score (nSPS) is 22.0. The van der Waals surface area contributed by atoms with Crippen LogP contribution in [0.15, 0.2) is 72.8 Å². The standard InChI is InChI=1S/C29H27F3N2O3.BrH/c30-23-7-1-4-20(14-23)27(35)18-34-12-10-19(11-13-34)26(17-34)33-29(36)37-28(21-5-2-8-24(31)15-21)22-6-3-9-25(32)16-22;/h1-9,14-16,19,26,28H,10-13,17-18H2;1H/t19?,26-,34?;/m0./s1. The fourth-order valence-electron chi connectivity index (χ4n) is 5.69. The number of nitrogens with zero attached hydrogens (tertiary/aromatic N) is 1. The molecule has 0 spiro atoms. The molecule has 38 heavy (non-hydrogen) atoms. The number of Topliss-reactive ketones (excluding diaryl/α,β-unsaturated/α-hetero) is 1. The lowest BCUT2D eigenvalue weighted by Crippen LogP contribution is -3.00. The molecule has 3 aromatic rings. The molecule has 0 radical (unpaired) electrons. The van der Waals surface area contributed by atoms with Crippen molar-refractivity contribution >= 4 is 11.9 Å². The van der Waals surface area contributed by atoms with Gasteiger partial charge in [0.1, 0.15) is 24.0 Å². The minimum absolute atomic E-state index is 0. The smallest absolute Gasteiger partial charge is 0.408 e. The molecule has 1 amide bonds. The molecule has 200 valence electrons. The highest BCUT2D eigenvalue weighted by Crippen LogP contribution is 2.35. The second-order valence-electron chi connectivity index (χ2n) is 10.0. The van der Waals surface area contributed by atoms with E-state index in [2.05, 4.69) is 5.32 Å². The molecule has 1 N–H and O–H groups in total. The highest BCUT2D eigenvalue weighted by Gasteiger charge is 2.47. The summed E-state index contributed by atoms with van der Waals surface area (Å²) in [6.07, 6.45) is 0.00839. The lowest BCUT2D eigenvalue weighted by atomic mass is 9.81. The zero-order chi connectivity index (χ0) is 26.0. The summed E-state index contributed by atoms with van der Waals surface area (Å²) in [5.41, 5.74) is 1.12. The molecular formula is C29H28BrF3N2O3. The first-order valence-electron chi connectivity index (χ1n) is 12.4. The number of piperidine rings is 3. The van der Waals surface area contributed by atoms with Gasteiger partial charge in [0.25, 0.3) is 0 Å². The Bertz CT molecular complexity index is 1270. The number of carbonyl (C=O) groups excluding carboxylic acids is 2. The predicted octanol–water partition coefficient (Wildman–Crippen LogP) is 2.42. The largest absolute Gasteiger partial charge is 1.00 e. The lowest BCUT2D eigenvalue weighted by Gasteiger charge is -2.52. The summed E-state index contributed by atoms with van der Waals surface area (Å²) < 4.78 is 47.8. The number of amides is 1. The topological polar surface area (TPSA) is 55.4 Å². The molecular weight excluding hydrogens is 561 g/mol. The van der Waals surface area contributed by atoms with Crippen molar-refractivity contribution in [3.05, 3.63) is 107 Å². The highest BCUT2D eigenvalue weighted by molar-refractivity contribution is 5.97. The van der Waals surface area contributed by atoms with Crippen molar-refractivity contribution in [1.82, 2.24) is 5.32 Å². The van der Waals surface area contributed by atoms with E-state index in [0.717, 1.165) is 25.9 Å². The second-order valence-corrected chi connectivity index (χ2v) is 10.0. The Balaban J connectivity index is 0.00000336. The number of carbonyl (C=O) groups is 2. The van der Waals surface area contributed by atoms with E-state index in [-0.39, 0.29) is 41.3 Å². The van der Waals surface area contributed by atoms with Gasteiger partial charge in [0.05, 0.1) is 25.7 Å². The van der Waals surface area contributed by atoms with E-state index in [1.807, 2.05) is 0 Å². The van der Waals surface area contributed by atoms with Gasteiger partial charge >= 0.3 is 6.09 Å². The fraction of sp³-hybridized carbons (Fsp3) is 0.310. The van der Waals surface area contributed by atoms with Crippen LogP contribution in [0.3, 0.4) is 0 Å². The Morgan fingerprint density at radius 1 is 0.868 bits per heavy atom. The summed E-state index contributed by atoms with van der Waals surface area (Å²) in [5, 5.41) is 2.96. The maximum Gasteiger partial charge on any atom is 0.408 e. The van der Waals surface area contributed by atoms with Crippen molar-refractivity contribution in [2.75, 3.05) is 26.2 Å². The van der Waals surface area contributed by atoms with Gasteiger partial charge in [-0.1, -0.05) is 36.4 Å². The average Bonchev–Trinajstić information content (AvgIpc) is 2.88. The molecule has 6 rings (SSSR count). The first kappa shape index (κ1) is 27.9. The minimum atomic E-state index is -0.995. The second kappa shape index (κ2) is 11.7. The number of rotatable bonds is 7. The molecule has 3 heterocycles. The Labute approximate surface area is 230 Å². The Morgan fingerprint density at radius 3 is 1.97 bits per heavy atom. The molecule has 0 aliphatic carbocycles. The Morgan fingerprint density at radius 2 is 1.42 bits per heavy atom. The van der Waals surface area contributed by atoms with Crippen molar-refractivity contribution in [2.45, 2.75) is 25.0 Å². The first-order chi connectivity index (χ1) is 17.8. The molecule has 3 aromatic carbocycles. The summed E-state index contributed by atoms with van der Waals surface area (Å²) >= 11 is 0. The van der Waals surface area contributed by atoms with Gasteiger partial charge in [0.2, 0.25) is 5.78 Å². The van der Waals surface area contributed by atoms with E-state index in [9.17, 15) is 22.8 Å². The van der Waals surface area contributed by atoms with Gasteiger partial charge in [0, 0.05) is 18.4 Å². The van der Waals surface area contributed by atoms with Crippen LogP contribution >= 0.6 is 0 Å². The van der Waals surface area contributed by atoms with Gasteiger partial charge in [-0.2, -0.15) is 0 Å². The maximum atomic E-state index is 13.9. The third-order valence-corrected chi connectivity index (χ3v) is 7.56. The molecule has 5 nitrogen and oxygen atoms in total. The number of halogens is 4. The third kappa shape index (κ3) is 6.27. The van der Waals surface area contributed by atoms with Gasteiger partial charge in [-0.05, 0) is 53.4 Å². The molecule has 3 fully saturated rings. The summed E-state index contributed by atoms with van der Waals surface area (Å²) in [7, 11) is 0. The molecule has 3 aliphatic heterocycles. The number of nitrogens with one attached hydrogen (secondary N) is 1. The Kier molecular flexibility index (Phi) is 8.57. The van der Waals surface area contributed by atoms with Crippen LogP contribution in [-0.2, 0) is 4.74 Å². The summed E-state index contributed by atoms with van der Waals surface area (Å²) in [4.78, 5) is 26.0. The number of hydrogen-bond acceptors (Lipinski definition) is 3. The van der Waals surface area contributed by atoms with E-state index in [0.29, 0.717) is 27.7 Å². The SMILES string of the molecule is O=C(N[C@H]1C[N+]2(CC(=O)c3cccc(F)c3)CCC1CC2)OC(c1cccc(F)c1)c1cccc(F)c1.[Br-]. The number of ether oxygens (including phenoxy) is 1. The monoisotopic (exact) mass is 588 g/mol. The van der Waals surface area contributed by atoms with Crippen LogP contribution in [-0.4, -0.2) is 48.6 Å². The number of quaternary nitrogens is 1. The number of hydrogen-bond donors (Lipinski definition) is 1. The van der Waals surface area contributed by atoms with Crippen LogP contribution in [0, 0.1) is 23.4 Å². The van der Waals surface area contributed by atoms with Gasteiger partial charge in [0.15, 0.2) is 6.10 Å². The average molecular weight is 589 g/mol. The van der Waals surface area contributed by atoms with E-state index in [4.69, 9.17) is 4.74 Å². The van der Waals surface area contributed by atoms with Crippen molar-refractivity contribution in [3.8, 4) is 0 Å². The molecule has 0 unspecified atom stereocenters. The van der Waals surface area contributed by atoms with Gasteiger partial charge in [-0.25, -0.2) is 18.0 Å². The third-order valence-electron chi connectivity index (χ3n) is 7.56. The maximum absolute atomic E-state index is 13.9. The Hall–Kier alpha value is -3.17. The van der Waals surface area contributed by atoms with Crippen LogP contribution in [0.1, 0.15) is 40.4 Å². The zero-order valence-electron chi connectivity index (χ0n) is 20.6. The lowest BCUT2D eigenvalue weighted by molar-refractivity contribution is -0.936. The first-order valence-corrected chi connectivity index (χ1v) is 12.4. The van der Waals surface area contributed by atoms with Gasteiger partial charge in [-0.15, -0.1) is 0 Å². The molecule has 1 atom stereocenters. The minimum Gasteiger partial charge on any atom is -1.00 e. The van der Waals surface area contributed by atoms with Crippen molar-refractivity contribution in [3.63, 3.8) is 0 Å².